The van der Waals surface area contributed by atoms with Crippen molar-refractivity contribution < 1.29 is 23.7 Å². The minimum absolute atomic E-state index is 0.0119. The van der Waals surface area contributed by atoms with Gasteiger partial charge in [0.15, 0.2) is 11.5 Å². The van der Waals surface area contributed by atoms with Crippen LogP contribution in [-0.4, -0.2) is 69.0 Å². The quantitative estimate of drug-likeness (QED) is 0.156. The number of aromatic nitrogens is 1. The summed E-state index contributed by atoms with van der Waals surface area (Å²) < 4.78 is 25.1. The number of rotatable bonds is 14. The summed E-state index contributed by atoms with van der Waals surface area (Å²) in [6.45, 7) is 5.77. The van der Waals surface area contributed by atoms with Crippen LogP contribution < -0.4 is 19.5 Å². The van der Waals surface area contributed by atoms with Crippen molar-refractivity contribution in [2.45, 2.75) is 25.5 Å². The van der Waals surface area contributed by atoms with Gasteiger partial charge in [-0.1, -0.05) is 66.7 Å². The molecule has 47 heavy (non-hydrogen) atoms. The number of carbonyl (C=O) groups is 1. The maximum Gasteiger partial charge on any atom is 0.220 e. The molecule has 8 heteroatoms. The van der Waals surface area contributed by atoms with Crippen LogP contribution in [0.25, 0.3) is 10.9 Å². The minimum Gasteiger partial charge on any atom is -0.497 e. The van der Waals surface area contributed by atoms with Crippen molar-refractivity contribution in [3.05, 3.63) is 126 Å². The summed E-state index contributed by atoms with van der Waals surface area (Å²) in [5, 5.41) is 4.31. The summed E-state index contributed by atoms with van der Waals surface area (Å²) >= 11 is 0. The van der Waals surface area contributed by atoms with E-state index in [1.54, 1.807) is 14.2 Å². The number of hydrogen-bond acceptors (Lipinski definition) is 6. The van der Waals surface area contributed by atoms with Crippen LogP contribution in [0.2, 0.25) is 0 Å². The van der Waals surface area contributed by atoms with Crippen molar-refractivity contribution in [2.24, 2.45) is 0 Å². The molecular weight excluding hydrogens is 590 g/mol. The highest BCUT2D eigenvalue weighted by molar-refractivity contribution is 5.87. The SMILES string of the molecule is COc1ccc(Cn2cc([C@@H](CC(=O)NCCN3CCOCC3)c3ccc(OC)c(OCc4ccccc4)c3)c3ccccc32)cc1. The number of ether oxygens (including phenoxy) is 4. The van der Waals surface area contributed by atoms with Gasteiger partial charge in [0.05, 0.1) is 27.4 Å². The average Bonchev–Trinajstić information content (AvgIpc) is 3.48. The molecule has 1 aromatic heterocycles. The second kappa shape index (κ2) is 15.7. The van der Waals surface area contributed by atoms with Crippen molar-refractivity contribution in [1.29, 1.82) is 0 Å². The Labute approximate surface area is 276 Å². The molecular formula is C39H43N3O5. The molecule has 1 saturated heterocycles. The summed E-state index contributed by atoms with van der Waals surface area (Å²) in [5.74, 6) is 1.92. The fraction of sp³-hybridized carbons (Fsp3) is 0.308. The monoisotopic (exact) mass is 633 g/mol. The van der Waals surface area contributed by atoms with E-state index < -0.39 is 0 Å². The molecule has 0 saturated carbocycles. The Morgan fingerprint density at radius 2 is 1.62 bits per heavy atom. The lowest BCUT2D eigenvalue weighted by Crippen LogP contribution is -2.41. The number of nitrogens with zero attached hydrogens (tertiary/aromatic N) is 2. The first-order chi connectivity index (χ1) is 23.1. The smallest absolute Gasteiger partial charge is 0.220 e. The Morgan fingerprint density at radius 3 is 2.38 bits per heavy atom. The Bertz CT molecular complexity index is 1750. The third-order valence-electron chi connectivity index (χ3n) is 8.78. The molecule has 2 heterocycles. The largest absolute Gasteiger partial charge is 0.497 e. The van der Waals surface area contributed by atoms with Crippen LogP contribution in [0, 0.1) is 0 Å². The van der Waals surface area contributed by atoms with Gasteiger partial charge in [-0.2, -0.15) is 0 Å². The molecule has 0 radical (unpaired) electrons. The van der Waals surface area contributed by atoms with Crippen LogP contribution in [0.3, 0.4) is 0 Å². The molecule has 244 valence electrons. The molecule has 1 fully saturated rings. The molecule has 1 N–H and O–H groups in total. The number of methoxy groups -OCH3 is 2. The molecule has 6 rings (SSSR count). The van der Waals surface area contributed by atoms with Crippen molar-refractivity contribution in [2.75, 3.05) is 53.6 Å². The number of fused-ring (bicyclic) bond motifs is 1. The van der Waals surface area contributed by atoms with E-state index in [0.717, 1.165) is 71.8 Å². The van der Waals surface area contributed by atoms with Crippen molar-refractivity contribution in [1.82, 2.24) is 14.8 Å². The van der Waals surface area contributed by atoms with Gasteiger partial charge < -0.3 is 28.8 Å². The fourth-order valence-corrected chi connectivity index (χ4v) is 6.21. The van der Waals surface area contributed by atoms with Crippen molar-refractivity contribution >= 4 is 16.8 Å². The van der Waals surface area contributed by atoms with Gasteiger partial charge in [0.25, 0.3) is 0 Å². The first-order valence-electron chi connectivity index (χ1n) is 16.2. The molecule has 0 spiro atoms. The predicted molar refractivity (Wildman–Crippen MR) is 185 cm³/mol. The average molecular weight is 634 g/mol. The number of para-hydroxylation sites is 1. The standard InChI is InChI=1S/C39H43N3O5/c1-44-32-15-12-29(13-16-32)26-42-27-35(33-10-6-7-11-36(33)42)34(25-39(43)40-18-19-41-20-22-46-23-21-41)31-14-17-37(45-2)38(24-31)47-28-30-8-4-3-5-9-30/h3-17,24,27,34H,18-23,25-26,28H2,1-2H3,(H,40,43)/t34-/m0/s1. The number of hydrogen-bond donors (Lipinski definition) is 1. The lowest BCUT2D eigenvalue weighted by molar-refractivity contribution is -0.121. The van der Waals surface area contributed by atoms with Gasteiger partial charge >= 0.3 is 0 Å². The summed E-state index contributed by atoms with van der Waals surface area (Å²) in [5.41, 5.74) is 5.43. The molecule has 5 aromatic rings. The third kappa shape index (κ3) is 8.14. The van der Waals surface area contributed by atoms with E-state index in [1.165, 1.54) is 0 Å². The van der Waals surface area contributed by atoms with E-state index in [2.05, 4.69) is 63.4 Å². The van der Waals surface area contributed by atoms with Crippen molar-refractivity contribution in [3.8, 4) is 17.2 Å². The Kier molecular flexibility index (Phi) is 10.7. The second-order valence-electron chi connectivity index (χ2n) is 11.8. The van der Waals surface area contributed by atoms with Crippen LogP contribution >= 0.6 is 0 Å². The van der Waals surface area contributed by atoms with Gasteiger partial charge in [-0.25, -0.2) is 0 Å². The molecule has 1 amide bonds. The topological polar surface area (TPSA) is 74.2 Å². The van der Waals surface area contributed by atoms with E-state index in [9.17, 15) is 4.79 Å². The summed E-state index contributed by atoms with van der Waals surface area (Å²) in [6, 6.07) is 32.7. The van der Waals surface area contributed by atoms with Crippen LogP contribution in [0.1, 0.15) is 34.6 Å². The first-order valence-corrected chi connectivity index (χ1v) is 16.2. The molecule has 4 aromatic carbocycles. The highest BCUT2D eigenvalue weighted by Crippen LogP contribution is 2.39. The lowest BCUT2D eigenvalue weighted by atomic mass is 9.87. The van der Waals surface area contributed by atoms with Gasteiger partial charge in [-0.3, -0.25) is 9.69 Å². The van der Waals surface area contributed by atoms with Gasteiger partial charge in [0, 0.05) is 62.2 Å². The van der Waals surface area contributed by atoms with Crippen LogP contribution in [0.5, 0.6) is 17.2 Å². The fourth-order valence-electron chi connectivity index (χ4n) is 6.21. The van der Waals surface area contributed by atoms with E-state index in [0.29, 0.717) is 37.6 Å². The molecule has 8 nitrogen and oxygen atoms in total. The molecule has 0 bridgehead atoms. The first kappa shape index (κ1) is 32.2. The van der Waals surface area contributed by atoms with E-state index >= 15 is 0 Å². The molecule has 1 aliphatic rings. The summed E-state index contributed by atoms with van der Waals surface area (Å²) in [7, 11) is 3.33. The second-order valence-corrected chi connectivity index (χ2v) is 11.8. The minimum atomic E-state index is -0.217. The third-order valence-corrected chi connectivity index (χ3v) is 8.78. The molecule has 1 atom stereocenters. The molecule has 0 unspecified atom stereocenters. The van der Waals surface area contributed by atoms with E-state index in [1.807, 2.05) is 54.6 Å². The van der Waals surface area contributed by atoms with Gasteiger partial charge in [-0.05, 0) is 52.6 Å². The Morgan fingerprint density at radius 1 is 0.851 bits per heavy atom. The van der Waals surface area contributed by atoms with E-state index in [4.69, 9.17) is 18.9 Å². The zero-order chi connectivity index (χ0) is 32.4. The number of morpholine rings is 1. The van der Waals surface area contributed by atoms with Crippen LogP contribution in [0.15, 0.2) is 103 Å². The summed E-state index contributed by atoms with van der Waals surface area (Å²) in [6.07, 6.45) is 2.50. The Balaban J connectivity index is 1.32. The highest BCUT2D eigenvalue weighted by Gasteiger charge is 2.24. The normalized spacial score (nSPS) is 14.1. The molecule has 0 aliphatic carbocycles. The van der Waals surface area contributed by atoms with Gasteiger partial charge in [0.2, 0.25) is 5.91 Å². The molecule has 1 aliphatic heterocycles. The maximum atomic E-state index is 13.6. The van der Waals surface area contributed by atoms with Gasteiger partial charge in [-0.15, -0.1) is 0 Å². The zero-order valence-electron chi connectivity index (χ0n) is 27.2. The van der Waals surface area contributed by atoms with Crippen LogP contribution in [0.4, 0.5) is 0 Å². The predicted octanol–water partition coefficient (Wildman–Crippen LogP) is 6.26. The number of carbonyl (C=O) groups excluding carboxylic acids is 1. The Hall–Kier alpha value is -4.79. The number of nitrogens with one attached hydrogen (secondary N) is 1. The number of amides is 1. The number of benzene rings is 4. The zero-order valence-corrected chi connectivity index (χ0v) is 27.2. The highest BCUT2D eigenvalue weighted by atomic mass is 16.5. The van der Waals surface area contributed by atoms with Crippen molar-refractivity contribution in [3.63, 3.8) is 0 Å². The lowest BCUT2D eigenvalue weighted by Gasteiger charge is -2.26. The summed E-state index contributed by atoms with van der Waals surface area (Å²) in [4.78, 5) is 16.0. The van der Waals surface area contributed by atoms with Gasteiger partial charge in [0.1, 0.15) is 12.4 Å². The maximum absolute atomic E-state index is 13.6. The van der Waals surface area contributed by atoms with E-state index in [-0.39, 0.29) is 11.8 Å². The van der Waals surface area contributed by atoms with Crippen LogP contribution in [-0.2, 0) is 22.7 Å².